The van der Waals surface area contributed by atoms with Crippen LogP contribution < -0.4 is 20.2 Å². The van der Waals surface area contributed by atoms with Crippen LogP contribution in [0.25, 0.3) is 0 Å². The minimum absolute atomic E-state index is 0.00654. The minimum atomic E-state index is 0.00654. The summed E-state index contributed by atoms with van der Waals surface area (Å²) in [6, 6.07) is 3.80. The van der Waals surface area contributed by atoms with Gasteiger partial charge in [0.05, 0.1) is 24.5 Å². The summed E-state index contributed by atoms with van der Waals surface area (Å²) in [6.07, 6.45) is 1.62. The molecule has 122 valence electrons. The molecule has 0 aliphatic heterocycles. The molecule has 0 aliphatic rings. The van der Waals surface area contributed by atoms with Gasteiger partial charge in [0.25, 0.3) is 0 Å². The number of thiocarbonyl (C=S) groups is 1. The number of nitrogens with zero attached hydrogens (tertiary/aromatic N) is 1. The Bertz CT molecular complexity index is 548. The van der Waals surface area contributed by atoms with E-state index in [9.17, 15) is 0 Å². The van der Waals surface area contributed by atoms with Crippen LogP contribution in [0.4, 0.5) is 0 Å². The van der Waals surface area contributed by atoms with Crippen LogP contribution in [0.15, 0.2) is 17.2 Å². The highest BCUT2D eigenvalue weighted by Gasteiger charge is 2.12. The van der Waals surface area contributed by atoms with E-state index in [1.807, 2.05) is 27.7 Å². The van der Waals surface area contributed by atoms with Gasteiger partial charge in [-0.1, -0.05) is 11.6 Å². The summed E-state index contributed by atoms with van der Waals surface area (Å²) in [4.78, 5) is 0. The zero-order chi connectivity index (χ0) is 16.7. The molecule has 0 aromatic heterocycles. The van der Waals surface area contributed by atoms with Gasteiger partial charge >= 0.3 is 0 Å². The molecule has 7 heteroatoms. The van der Waals surface area contributed by atoms with Crippen LogP contribution >= 0.6 is 23.8 Å². The Morgan fingerprint density at radius 3 is 2.55 bits per heavy atom. The van der Waals surface area contributed by atoms with E-state index in [1.165, 1.54) is 0 Å². The van der Waals surface area contributed by atoms with Crippen molar-refractivity contribution in [2.24, 2.45) is 5.10 Å². The van der Waals surface area contributed by atoms with Gasteiger partial charge < -0.3 is 14.8 Å². The number of nitrogens with one attached hydrogen (secondary N) is 2. The normalized spacial score (nSPS) is 11.1. The van der Waals surface area contributed by atoms with Gasteiger partial charge in [-0.2, -0.15) is 5.10 Å². The lowest BCUT2D eigenvalue weighted by Gasteiger charge is -2.15. The lowest BCUT2D eigenvalue weighted by molar-refractivity contribution is 0.230. The lowest BCUT2D eigenvalue weighted by Crippen LogP contribution is -2.36. The Morgan fingerprint density at radius 1 is 1.32 bits per heavy atom. The monoisotopic (exact) mass is 343 g/mol. The van der Waals surface area contributed by atoms with Crippen molar-refractivity contribution >= 4 is 35.1 Å². The lowest BCUT2D eigenvalue weighted by atomic mass is 10.2. The first kappa shape index (κ1) is 18.5. The number of methoxy groups -OCH3 is 1. The zero-order valence-corrected chi connectivity index (χ0v) is 15.0. The van der Waals surface area contributed by atoms with Crippen molar-refractivity contribution in [2.75, 3.05) is 7.11 Å². The molecule has 0 radical (unpaired) electrons. The Balaban J connectivity index is 2.84. The van der Waals surface area contributed by atoms with Crippen LogP contribution in [0.2, 0.25) is 5.02 Å². The predicted molar refractivity (Wildman–Crippen MR) is 95.4 cm³/mol. The number of rotatable bonds is 6. The number of benzene rings is 1. The van der Waals surface area contributed by atoms with Gasteiger partial charge in [-0.25, -0.2) is 0 Å². The van der Waals surface area contributed by atoms with Crippen LogP contribution in [0.3, 0.4) is 0 Å². The van der Waals surface area contributed by atoms with Crippen molar-refractivity contribution < 1.29 is 9.47 Å². The van der Waals surface area contributed by atoms with E-state index in [1.54, 1.807) is 25.5 Å². The maximum Gasteiger partial charge on any atom is 0.187 e. The standard InChI is InChI=1S/C15H22ClN3O2S/c1-9(2)18-15(22)19-17-8-11-6-12(16)14(21-10(3)4)13(7-11)20-5/h6-10H,1-5H3,(H2,18,19,22)/b17-8-. The minimum Gasteiger partial charge on any atom is -0.493 e. The molecule has 0 spiro atoms. The van der Waals surface area contributed by atoms with Gasteiger partial charge in [0.2, 0.25) is 0 Å². The Hall–Kier alpha value is -1.53. The number of hydrogen-bond acceptors (Lipinski definition) is 4. The van der Waals surface area contributed by atoms with Crippen LogP contribution in [0, 0.1) is 0 Å². The van der Waals surface area contributed by atoms with E-state index in [-0.39, 0.29) is 12.1 Å². The van der Waals surface area contributed by atoms with E-state index >= 15 is 0 Å². The molecular formula is C15H22ClN3O2S. The molecule has 0 aliphatic carbocycles. The van der Waals surface area contributed by atoms with Gasteiger partial charge in [0.1, 0.15) is 0 Å². The molecule has 0 heterocycles. The molecule has 1 aromatic rings. The van der Waals surface area contributed by atoms with Gasteiger partial charge in [-0.3, -0.25) is 5.43 Å². The number of hydrazone groups is 1. The summed E-state index contributed by atoms with van der Waals surface area (Å²) in [6.45, 7) is 7.85. The second-order valence-electron chi connectivity index (χ2n) is 5.20. The van der Waals surface area contributed by atoms with Crippen molar-refractivity contribution in [3.05, 3.63) is 22.7 Å². The van der Waals surface area contributed by atoms with Crippen molar-refractivity contribution in [1.29, 1.82) is 0 Å². The Kier molecular flexibility index (Phi) is 7.41. The molecule has 0 amide bonds. The summed E-state index contributed by atoms with van der Waals surface area (Å²) < 4.78 is 11.0. The SMILES string of the molecule is COc1cc(/C=N\NC(=S)NC(C)C)cc(Cl)c1OC(C)C. The molecular weight excluding hydrogens is 322 g/mol. The smallest absolute Gasteiger partial charge is 0.187 e. The van der Waals surface area contributed by atoms with Gasteiger partial charge in [-0.15, -0.1) is 0 Å². The molecule has 0 bridgehead atoms. The molecule has 1 rings (SSSR count). The quantitative estimate of drug-likeness (QED) is 0.471. The van der Waals surface area contributed by atoms with E-state index in [2.05, 4.69) is 15.8 Å². The third kappa shape index (κ3) is 6.07. The van der Waals surface area contributed by atoms with E-state index < -0.39 is 0 Å². The van der Waals surface area contributed by atoms with E-state index in [4.69, 9.17) is 33.3 Å². The fourth-order valence-corrected chi connectivity index (χ4v) is 2.18. The first-order chi connectivity index (χ1) is 10.3. The highest BCUT2D eigenvalue weighted by molar-refractivity contribution is 7.80. The van der Waals surface area contributed by atoms with E-state index in [0.29, 0.717) is 21.6 Å². The number of hydrogen-bond donors (Lipinski definition) is 2. The molecule has 5 nitrogen and oxygen atoms in total. The van der Waals surface area contributed by atoms with Crippen LogP contribution in [-0.2, 0) is 0 Å². The predicted octanol–water partition coefficient (Wildman–Crippen LogP) is 3.34. The third-order valence-electron chi connectivity index (χ3n) is 2.40. The average Bonchev–Trinajstić information content (AvgIpc) is 2.40. The number of ether oxygens (including phenoxy) is 2. The van der Waals surface area contributed by atoms with Gasteiger partial charge in [0.15, 0.2) is 16.6 Å². The summed E-state index contributed by atoms with van der Waals surface area (Å²) in [5.74, 6) is 1.09. The van der Waals surface area contributed by atoms with Crippen LogP contribution in [-0.4, -0.2) is 30.6 Å². The zero-order valence-electron chi connectivity index (χ0n) is 13.4. The highest BCUT2D eigenvalue weighted by atomic mass is 35.5. The molecule has 1 aromatic carbocycles. The number of halogens is 1. The Labute approximate surface area is 142 Å². The summed E-state index contributed by atoms with van der Waals surface area (Å²) in [5, 5.41) is 8.03. The molecule has 0 fully saturated rings. The van der Waals surface area contributed by atoms with Crippen molar-refractivity contribution in [2.45, 2.75) is 39.8 Å². The summed E-state index contributed by atoms with van der Waals surface area (Å²) >= 11 is 11.3. The maximum atomic E-state index is 6.24. The molecule has 2 N–H and O–H groups in total. The molecule has 0 saturated carbocycles. The fourth-order valence-electron chi connectivity index (χ4n) is 1.62. The van der Waals surface area contributed by atoms with Gasteiger partial charge in [-0.05, 0) is 57.6 Å². The second kappa shape index (κ2) is 8.80. The average molecular weight is 344 g/mol. The van der Waals surface area contributed by atoms with Crippen LogP contribution in [0.5, 0.6) is 11.5 Å². The molecule has 22 heavy (non-hydrogen) atoms. The van der Waals surface area contributed by atoms with Crippen molar-refractivity contribution in [3.63, 3.8) is 0 Å². The summed E-state index contributed by atoms with van der Waals surface area (Å²) in [7, 11) is 1.57. The molecule has 0 saturated heterocycles. The first-order valence-corrected chi connectivity index (χ1v) is 7.75. The topological polar surface area (TPSA) is 54.9 Å². The van der Waals surface area contributed by atoms with Crippen molar-refractivity contribution in [1.82, 2.24) is 10.7 Å². The van der Waals surface area contributed by atoms with E-state index in [0.717, 1.165) is 5.56 Å². The Morgan fingerprint density at radius 2 is 2.00 bits per heavy atom. The second-order valence-corrected chi connectivity index (χ2v) is 6.01. The molecule has 0 atom stereocenters. The maximum absolute atomic E-state index is 6.24. The van der Waals surface area contributed by atoms with Gasteiger partial charge in [0, 0.05) is 6.04 Å². The third-order valence-corrected chi connectivity index (χ3v) is 2.89. The fraction of sp³-hybridized carbons (Fsp3) is 0.467. The summed E-state index contributed by atoms with van der Waals surface area (Å²) in [5.41, 5.74) is 3.52. The first-order valence-electron chi connectivity index (χ1n) is 6.97. The largest absolute Gasteiger partial charge is 0.493 e. The van der Waals surface area contributed by atoms with Crippen molar-refractivity contribution in [3.8, 4) is 11.5 Å². The molecule has 0 unspecified atom stereocenters. The van der Waals surface area contributed by atoms with Crippen LogP contribution in [0.1, 0.15) is 33.3 Å². The highest BCUT2D eigenvalue weighted by Crippen LogP contribution is 2.36.